The number of hydrogen-bond acceptors (Lipinski definition) is 7. The number of aliphatic carboxylic acids is 2. The van der Waals surface area contributed by atoms with Gasteiger partial charge in [-0.3, -0.25) is 19.2 Å². The molecule has 0 unspecified atom stereocenters. The predicted molar refractivity (Wildman–Crippen MR) is 189 cm³/mol. The predicted octanol–water partition coefficient (Wildman–Crippen LogP) is 9.06. The lowest BCUT2D eigenvalue weighted by atomic mass is 9.86. The second kappa shape index (κ2) is 21.9. The number of rotatable bonds is 25. The van der Waals surface area contributed by atoms with Gasteiger partial charge in [0.2, 0.25) is 0 Å². The number of aliphatic hydroxyl groups is 1. The van der Waals surface area contributed by atoms with Crippen LogP contribution < -0.4 is 9.47 Å². The van der Waals surface area contributed by atoms with Crippen molar-refractivity contribution in [1.29, 1.82) is 0 Å². The van der Waals surface area contributed by atoms with E-state index >= 15 is 0 Å². The molecule has 0 aliphatic heterocycles. The first kappa shape index (κ1) is 43.1. The molecule has 0 saturated heterocycles. The number of carboxylic acids is 2. The van der Waals surface area contributed by atoms with Gasteiger partial charge >= 0.3 is 23.9 Å². The highest BCUT2D eigenvalue weighted by Crippen LogP contribution is 2.40. The average Bonchev–Trinajstić information content (AvgIpc) is 2.97. The number of ether oxygens (including phenoxy) is 2. The number of carbonyl (C=O) groups is 4. The standard InChI is InChI=1S/C39H64O9/c1-26(2)14-9-15-27(3)16-10-17-28(4)18-13-24-39(8,46)25-23-32-31(7)37(47-35(44)21-11-19-33(40)41)29(5)30(6)38(32)48-36(45)22-12-20-34(42)43/h26-28,46H,9-25H2,1-8H3,(H,40,41)(H,42,43)/t27-,28-,39-/m1/s1. The number of hydrogen-bond donors (Lipinski definition) is 3. The monoisotopic (exact) mass is 676 g/mol. The molecule has 1 aromatic carbocycles. The van der Waals surface area contributed by atoms with Crippen molar-refractivity contribution < 1.29 is 44.0 Å². The molecule has 3 atom stereocenters. The van der Waals surface area contributed by atoms with E-state index < -0.39 is 29.5 Å². The summed E-state index contributed by atoms with van der Waals surface area (Å²) in [5, 5.41) is 29.2. The molecule has 3 N–H and O–H groups in total. The van der Waals surface area contributed by atoms with Crippen LogP contribution in [0.3, 0.4) is 0 Å². The third-order valence-corrected chi connectivity index (χ3v) is 9.48. The van der Waals surface area contributed by atoms with Crippen molar-refractivity contribution in [2.24, 2.45) is 17.8 Å². The molecule has 0 bridgehead atoms. The largest absolute Gasteiger partial charge is 0.481 e. The van der Waals surface area contributed by atoms with Crippen molar-refractivity contribution in [2.75, 3.05) is 0 Å². The van der Waals surface area contributed by atoms with Gasteiger partial charge < -0.3 is 24.8 Å². The fourth-order valence-electron chi connectivity index (χ4n) is 6.17. The smallest absolute Gasteiger partial charge is 0.311 e. The Morgan fingerprint density at radius 1 is 0.604 bits per heavy atom. The normalized spacial score (nSPS) is 14.0. The summed E-state index contributed by atoms with van der Waals surface area (Å²) in [6.45, 7) is 16.4. The van der Waals surface area contributed by atoms with Crippen LogP contribution in [0.25, 0.3) is 0 Å². The van der Waals surface area contributed by atoms with Crippen LogP contribution in [0.5, 0.6) is 11.5 Å². The number of carboxylic acid groups (broad SMARTS) is 2. The van der Waals surface area contributed by atoms with Gasteiger partial charge in [0, 0.05) is 31.2 Å². The highest BCUT2D eigenvalue weighted by molar-refractivity contribution is 5.77. The van der Waals surface area contributed by atoms with E-state index in [4.69, 9.17) is 19.7 Å². The summed E-state index contributed by atoms with van der Waals surface area (Å²) in [5.74, 6) is -0.259. The van der Waals surface area contributed by atoms with E-state index in [0.29, 0.717) is 58.9 Å². The second-order valence-corrected chi connectivity index (χ2v) is 14.8. The number of carbonyl (C=O) groups excluding carboxylic acids is 2. The molecular weight excluding hydrogens is 612 g/mol. The summed E-state index contributed by atoms with van der Waals surface area (Å²) in [5.41, 5.74) is 1.52. The zero-order valence-electron chi connectivity index (χ0n) is 31.0. The van der Waals surface area contributed by atoms with Crippen molar-refractivity contribution in [3.63, 3.8) is 0 Å². The van der Waals surface area contributed by atoms with Gasteiger partial charge in [-0.25, -0.2) is 0 Å². The Morgan fingerprint density at radius 2 is 1.04 bits per heavy atom. The van der Waals surface area contributed by atoms with Crippen molar-refractivity contribution in [3.05, 3.63) is 22.3 Å². The third kappa shape index (κ3) is 17.5. The maximum Gasteiger partial charge on any atom is 0.311 e. The van der Waals surface area contributed by atoms with E-state index in [-0.39, 0.29) is 38.5 Å². The second-order valence-electron chi connectivity index (χ2n) is 14.8. The lowest BCUT2D eigenvalue weighted by Crippen LogP contribution is -2.25. The minimum Gasteiger partial charge on any atom is -0.481 e. The molecule has 0 amide bonds. The van der Waals surface area contributed by atoms with Gasteiger partial charge in [0.1, 0.15) is 11.5 Å². The zero-order chi connectivity index (χ0) is 36.4. The molecule has 1 aromatic rings. The summed E-state index contributed by atoms with van der Waals surface area (Å²) in [7, 11) is 0. The SMILES string of the molecule is Cc1c(C)c(OC(=O)CCCC(=O)O)c(CC[C@](C)(O)CCC[C@H](C)CCC[C@H](C)CCCC(C)C)c(C)c1OC(=O)CCCC(=O)O. The van der Waals surface area contributed by atoms with Crippen LogP contribution in [0.2, 0.25) is 0 Å². The fourth-order valence-corrected chi connectivity index (χ4v) is 6.17. The average molecular weight is 677 g/mol. The van der Waals surface area contributed by atoms with Gasteiger partial charge in [-0.05, 0) is 94.2 Å². The van der Waals surface area contributed by atoms with Crippen molar-refractivity contribution in [2.45, 2.75) is 170 Å². The topological polar surface area (TPSA) is 147 Å². The molecule has 0 aliphatic rings. The van der Waals surface area contributed by atoms with E-state index in [0.717, 1.165) is 24.7 Å². The van der Waals surface area contributed by atoms with Gasteiger partial charge in [0.25, 0.3) is 0 Å². The molecule has 0 fully saturated rings. The van der Waals surface area contributed by atoms with Gasteiger partial charge in [-0.1, -0.05) is 79.1 Å². The Bertz CT molecular complexity index is 1180. The highest BCUT2D eigenvalue weighted by Gasteiger charge is 2.27. The molecule has 9 nitrogen and oxygen atoms in total. The molecular formula is C39H64O9. The first-order chi connectivity index (χ1) is 22.4. The van der Waals surface area contributed by atoms with E-state index in [9.17, 15) is 24.3 Å². The molecule has 9 heteroatoms. The Labute approximate surface area is 289 Å². The molecule has 0 aliphatic carbocycles. The summed E-state index contributed by atoms with van der Waals surface area (Å²) in [6.07, 6.45) is 10.8. The van der Waals surface area contributed by atoms with Gasteiger partial charge in [-0.15, -0.1) is 0 Å². The Kier molecular flexibility index (Phi) is 19.7. The van der Waals surface area contributed by atoms with Gasteiger partial charge in [0.05, 0.1) is 5.60 Å². The quantitative estimate of drug-likeness (QED) is 0.0681. The van der Waals surface area contributed by atoms with Crippen LogP contribution in [0.15, 0.2) is 0 Å². The lowest BCUT2D eigenvalue weighted by molar-refractivity contribution is -0.139. The van der Waals surface area contributed by atoms with Crippen LogP contribution in [0.4, 0.5) is 0 Å². The Morgan fingerprint density at radius 3 is 1.52 bits per heavy atom. The molecule has 0 heterocycles. The Hall–Kier alpha value is -2.94. The van der Waals surface area contributed by atoms with Crippen LogP contribution in [-0.2, 0) is 25.6 Å². The van der Waals surface area contributed by atoms with E-state index in [2.05, 4.69) is 27.7 Å². The molecule has 1 rings (SSSR count). The van der Waals surface area contributed by atoms with Crippen molar-refractivity contribution in [3.8, 4) is 11.5 Å². The minimum absolute atomic E-state index is 0.0513. The van der Waals surface area contributed by atoms with Crippen molar-refractivity contribution in [1.82, 2.24) is 0 Å². The number of esters is 2. The first-order valence-corrected chi connectivity index (χ1v) is 18.1. The summed E-state index contributed by atoms with van der Waals surface area (Å²) < 4.78 is 11.5. The molecule has 0 spiro atoms. The minimum atomic E-state index is -0.986. The maximum atomic E-state index is 12.7. The summed E-state index contributed by atoms with van der Waals surface area (Å²) in [6, 6.07) is 0. The fraction of sp³-hybridized carbons (Fsp3) is 0.744. The van der Waals surface area contributed by atoms with E-state index in [1.54, 1.807) is 20.8 Å². The maximum absolute atomic E-state index is 12.7. The molecule has 0 aromatic heterocycles. The third-order valence-electron chi connectivity index (χ3n) is 9.48. The van der Waals surface area contributed by atoms with Gasteiger partial charge in [-0.2, -0.15) is 0 Å². The Balaban J connectivity index is 2.95. The van der Waals surface area contributed by atoms with E-state index in [1.165, 1.54) is 38.5 Å². The number of benzene rings is 1. The molecule has 0 saturated carbocycles. The first-order valence-electron chi connectivity index (χ1n) is 18.1. The van der Waals surface area contributed by atoms with Crippen LogP contribution in [-0.4, -0.2) is 44.8 Å². The van der Waals surface area contributed by atoms with E-state index in [1.807, 2.05) is 6.92 Å². The lowest BCUT2D eigenvalue weighted by Gasteiger charge is -2.26. The summed E-state index contributed by atoms with van der Waals surface area (Å²) >= 11 is 0. The highest BCUT2D eigenvalue weighted by atomic mass is 16.5. The molecule has 274 valence electrons. The van der Waals surface area contributed by atoms with Gasteiger partial charge in [0.15, 0.2) is 0 Å². The van der Waals surface area contributed by atoms with Crippen LogP contribution >= 0.6 is 0 Å². The van der Waals surface area contributed by atoms with Crippen molar-refractivity contribution >= 4 is 23.9 Å². The molecule has 0 radical (unpaired) electrons. The molecule has 48 heavy (non-hydrogen) atoms. The van der Waals surface area contributed by atoms with Crippen LogP contribution in [0.1, 0.15) is 160 Å². The summed E-state index contributed by atoms with van der Waals surface area (Å²) in [4.78, 5) is 47.2. The van der Waals surface area contributed by atoms with Crippen LogP contribution in [0, 0.1) is 38.5 Å². The zero-order valence-corrected chi connectivity index (χ0v) is 31.0.